The van der Waals surface area contributed by atoms with Crippen LogP contribution in [-0.2, 0) is 16.1 Å². The van der Waals surface area contributed by atoms with E-state index >= 15 is 0 Å². The zero-order valence-electron chi connectivity index (χ0n) is 25.7. The molecule has 0 radical (unpaired) electrons. The quantitative estimate of drug-likeness (QED) is 0.250. The molecule has 1 aliphatic heterocycles. The molecule has 1 saturated heterocycles. The monoisotopic (exact) mass is 567 g/mol. The Labute approximate surface area is 250 Å². The van der Waals surface area contributed by atoms with Crippen molar-refractivity contribution in [1.82, 2.24) is 15.1 Å². The maximum atomic E-state index is 10.9. The first-order chi connectivity index (χ1) is 20.3. The summed E-state index contributed by atoms with van der Waals surface area (Å²) in [5.41, 5.74) is 7.10. The molecule has 2 heterocycles. The molecule has 0 unspecified atom stereocenters. The van der Waals surface area contributed by atoms with Crippen molar-refractivity contribution in [2.75, 3.05) is 33.4 Å². The molecular weight excluding hydrogens is 522 g/mol. The van der Waals surface area contributed by atoms with Crippen LogP contribution in [0, 0.1) is 25.7 Å². The van der Waals surface area contributed by atoms with Gasteiger partial charge in [0.05, 0.1) is 31.5 Å². The number of hydrogen-bond donors (Lipinski definition) is 1. The molecule has 6 heteroatoms. The average molecular weight is 568 g/mol. The van der Waals surface area contributed by atoms with Crippen LogP contribution in [0.3, 0.4) is 0 Å². The molecule has 42 heavy (non-hydrogen) atoms. The highest BCUT2D eigenvalue weighted by Gasteiger charge is 2.30. The number of fused-ring (bicyclic) bond motifs is 1. The number of carbonyl (C=O) groups excluding carboxylic acids is 1. The van der Waals surface area contributed by atoms with Crippen molar-refractivity contribution in [2.24, 2.45) is 11.8 Å². The van der Waals surface area contributed by atoms with Gasteiger partial charge in [0.25, 0.3) is 0 Å². The van der Waals surface area contributed by atoms with Gasteiger partial charge in [-0.2, -0.15) is 5.10 Å². The van der Waals surface area contributed by atoms with E-state index in [0.717, 1.165) is 68.0 Å². The number of morpholine rings is 1. The van der Waals surface area contributed by atoms with Crippen LogP contribution in [0.2, 0.25) is 0 Å². The highest BCUT2D eigenvalue weighted by atomic mass is 16.5. The van der Waals surface area contributed by atoms with Crippen molar-refractivity contribution in [3.63, 3.8) is 0 Å². The third-order valence-electron chi connectivity index (χ3n) is 7.45. The summed E-state index contributed by atoms with van der Waals surface area (Å²) in [4.78, 5) is 13.3. The molecule has 6 rings (SSSR count). The summed E-state index contributed by atoms with van der Waals surface area (Å²) >= 11 is 0. The van der Waals surface area contributed by atoms with E-state index < -0.39 is 0 Å². The highest BCUT2D eigenvalue weighted by Crippen LogP contribution is 2.32. The molecule has 2 fully saturated rings. The van der Waals surface area contributed by atoms with Crippen molar-refractivity contribution in [3.05, 3.63) is 94.7 Å². The second-order valence-corrected chi connectivity index (χ2v) is 11.5. The van der Waals surface area contributed by atoms with E-state index in [1.54, 1.807) is 7.11 Å². The molecule has 0 bridgehead atoms. The number of aryl methyl sites for hydroxylation is 2. The fourth-order valence-corrected chi connectivity index (χ4v) is 4.78. The molecule has 1 aromatic heterocycles. The van der Waals surface area contributed by atoms with Crippen LogP contribution in [0.25, 0.3) is 23.1 Å². The van der Waals surface area contributed by atoms with Gasteiger partial charge in [0.1, 0.15) is 11.5 Å². The molecule has 2 aliphatic rings. The molecule has 6 nitrogen and oxygen atoms in total. The van der Waals surface area contributed by atoms with Crippen LogP contribution < -0.4 is 4.74 Å². The van der Waals surface area contributed by atoms with Crippen molar-refractivity contribution < 1.29 is 14.3 Å². The van der Waals surface area contributed by atoms with Gasteiger partial charge < -0.3 is 9.47 Å². The molecule has 0 spiro atoms. The summed E-state index contributed by atoms with van der Waals surface area (Å²) in [5.74, 6) is 2.10. The third kappa shape index (κ3) is 9.68. The van der Waals surface area contributed by atoms with E-state index in [4.69, 9.17) is 9.47 Å². The number of aromatic amines is 1. The van der Waals surface area contributed by atoms with Gasteiger partial charge in [-0.05, 0) is 67.7 Å². The number of benzene rings is 3. The molecule has 4 aromatic rings. The first-order valence-corrected chi connectivity index (χ1v) is 15.0. The predicted octanol–water partition coefficient (Wildman–Crippen LogP) is 7.50. The van der Waals surface area contributed by atoms with Crippen molar-refractivity contribution >= 4 is 28.8 Å². The topological polar surface area (TPSA) is 67.4 Å². The summed E-state index contributed by atoms with van der Waals surface area (Å²) in [6.45, 7) is 12.8. The van der Waals surface area contributed by atoms with Crippen molar-refractivity contribution in [1.29, 1.82) is 0 Å². The average Bonchev–Trinajstić information content (AvgIpc) is 3.78. The van der Waals surface area contributed by atoms with Gasteiger partial charge in [0.15, 0.2) is 0 Å². The molecule has 1 aliphatic carbocycles. The minimum absolute atomic E-state index is 0.266. The summed E-state index contributed by atoms with van der Waals surface area (Å²) in [6, 6.07) is 23.1. The van der Waals surface area contributed by atoms with E-state index in [1.165, 1.54) is 22.3 Å². The standard InChI is InChI=1S/C21H23N3O.C8H10O.C7H12O/c1-16-5-7-19-20(22-23-21(19)13-16)8-6-17-3-2-4-18(14-17)15-24-9-11-25-12-10-24;1-7-3-5-8(9-2)6-4-7;1-5(2)7(8)6-3-4-6/h2-8,13-14H,9-12,15H2,1H3,(H,22,23);3-6H,1-2H3;5-6H,3-4H2,1-2H3/b8-6+;;. The molecule has 222 valence electrons. The molecule has 1 saturated carbocycles. The number of carbonyl (C=O) groups is 1. The number of rotatable bonds is 7. The van der Waals surface area contributed by atoms with Crippen LogP contribution in [-0.4, -0.2) is 54.3 Å². The number of methoxy groups -OCH3 is 1. The largest absolute Gasteiger partial charge is 0.497 e. The third-order valence-corrected chi connectivity index (χ3v) is 7.45. The number of hydrogen-bond acceptors (Lipinski definition) is 5. The van der Waals surface area contributed by atoms with Gasteiger partial charge in [0, 0.05) is 36.9 Å². The van der Waals surface area contributed by atoms with E-state index in [9.17, 15) is 4.79 Å². The number of aromatic nitrogens is 2. The minimum Gasteiger partial charge on any atom is -0.497 e. The maximum absolute atomic E-state index is 10.9. The van der Waals surface area contributed by atoms with Crippen LogP contribution >= 0.6 is 0 Å². The summed E-state index contributed by atoms with van der Waals surface area (Å²) in [7, 11) is 1.67. The lowest BCUT2D eigenvalue weighted by atomic mass is 10.1. The SMILES string of the molecule is CC(C)C(=O)C1CC1.COc1ccc(C)cc1.Cc1ccc2c(/C=C/c3cccc(CN4CCOCC4)c3)n[nH]c2c1. The number of ketones is 1. The van der Waals surface area contributed by atoms with E-state index in [0.29, 0.717) is 11.7 Å². The van der Waals surface area contributed by atoms with Crippen LogP contribution in [0.4, 0.5) is 0 Å². The van der Waals surface area contributed by atoms with E-state index in [2.05, 4.69) is 83.6 Å². The Balaban J connectivity index is 0.000000194. The van der Waals surface area contributed by atoms with Crippen LogP contribution in [0.15, 0.2) is 66.7 Å². The lowest BCUT2D eigenvalue weighted by Gasteiger charge is -2.26. The fraction of sp³-hybridized carbons (Fsp3) is 0.389. The summed E-state index contributed by atoms with van der Waals surface area (Å²) in [6.07, 6.45) is 6.52. The van der Waals surface area contributed by atoms with Gasteiger partial charge in [0.2, 0.25) is 0 Å². The maximum Gasteiger partial charge on any atom is 0.138 e. The molecule has 0 atom stereocenters. The number of Topliss-reactive ketones (excluding diaryl/α,β-unsaturated/α-hetero) is 1. The Morgan fingerprint density at radius 1 is 1.00 bits per heavy atom. The molecule has 1 N–H and O–H groups in total. The Morgan fingerprint density at radius 3 is 2.36 bits per heavy atom. The van der Waals surface area contributed by atoms with Crippen LogP contribution in [0.5, 0.6) is 5.75 Å². The van der Waals surface area contributed by atoms with Crippen molar-refractivity contribution in [3.8, 4) is 5.75 Å². The van der Waals surface area contributed by atoms with Crippen molar-refractivity contribution in [2.45, 2.75) is 47.1 Å². The second kappa shape index (κ2) is 15.5. The lowest BCUT2D eigenvalue weighted by Crippen LogP contribution is -2.35. The number of H-pyrrole nitrogens is 1. The number of nitrogens with zero attached hydrogens (tertiary/aromatic N) is 2. The first kappa shape index (κ1) is 31.2. The van der Waals surface area contributed by atoms with Crippen LogP contribution in [0.1, 0.15) is 54.6 Å². The van der Waals surface area contributed by atoms with E-state index in [1.807, 2.05) is 38.1 Å². The molecular formula is C36H45N3O3. The fourth-order valence-electron chi connectivity index (χ4n) is 4.78. The molecule has 0 amide bonds. The predicted molar refractivity (Wildman–Crippen MR) is 173 cm³/mol. The number of ether oxygens (including phenoxy) is 2. The zero-order valence-corrected chi connectivity index (χ0v) is 25.7. The summed E-state index contributed by atoms with van der Waals surface area (Å²) < 4.78 is 10.4. The van der Waals surface area contributed by atoms with Gasteiger partial charge in [-0.3, -0.25) is 14.8 Å². The minimum atomic E-state index is 0.266. The first-order valence-electron chi connectivity index (χ1n) is 15.0. The Kier molecular flexibility index (Phi) is 11.5. The van der Waals surface area contributed by atoms with E-state index in [-0.39, 0.29) is 5.92 Å². The number of nitrogens with one attached hydrogen (secondary N) is 1. The van der Waals surface area contributed by atoms with Gasteiger partial charge in [-0.1, -0.05) is 74.0 Å². The Hall–Kier alpha value is -3.74. The second-order valence-electron chi connectivity index (χ2n) is 11.5. The lowest BCUT2D eigenvalue weighted by molar-refractivity contribution is -0.123. The summed E-state index contributed by atoms with van der Waals surface area (Å²) in [5, 5.41) is 8.70. The Bertz CT molecular complexity index is 1440. The van der Waals surface area contributed by atoms with Gasteiger partial charge in [-0.15, -0.1) is 0 Å². The Morgan fingerprint density at radius 2 is 1.71 bits per heavy atom. The van der Waals surface area contributed by atoms with Gasteiger partial charge in [-0.25, -0.2) is 0 Å². The normalized spacial score (nSPS) is 15.2. The van der Waals surface area contributed by atoms with Gasteiger partial charge >= 0.3 is 0 Å². The molecule has 3 aromatic carbocycles. The highest BCUT2D eigenvalue weighted by molar-refractivity contribution is 5.89. The smallest absolute Gasteiger partial charge is 0.138 e. The zero-order chi connectivity index (χ0) is 29.9.